The van der Waals surface area contributed by atoms with E-state index in [2.05, 4.69) is 0 Å². The summed E-state index contributed by atoms with van der Waals surface area (Å²) in [5.41, 5.74) is 5.57. The molecule has 1 rings (SSSR count). The lowest BCUT2D eigenvalue weighted by molar-refractivity contribution is -0.150. The van der Waals surface area contributed by atoms with Crippen molar-refractivity contribution in [1.29, 1.82) is 0 Å². The van der Waals surface area contributed by atoms with Crippen molar-refractivity contribution in [1.82, 2.24) is 4.90 Å². The minimum absolute atomic E-state index is 0.0508. The van der Waals surface area contributed by atoms with Gasteiger partial charge in [-0.1, -0.05) is 13.3 Å². The lowest BCUT2D eigenvalue weighted by Crippen LogP contribution is -2.50. The van der Waals surface area contributed by atoms with E-state index in [1.807, 2.05) is 6.92 Å². The highest BCUT2D eigenvalue weighted by atomic mass is 16.2. The average Bonchev–Trinajstić information content (AvgIpc) is 2.16. The molecule has 1 unspecified atom stereocenters. The van der Waals surface area contributed by atoms with Crippen molar-refractivity contribution < 1.29 is 9.59 Å². The molecule has 1 saturated heterocycles. The van der Waals surface area contributed by atoms with Gasteiger partial charge in [-0.25, -0.2) is 0 Å². The molecule has 1 aliphatic rings. The van der Waals surface area contributed by atoms with Crippen LogP contribution in [0.25, 0.3) is 0 Å². The summed E-state index contributed by atoms with van der Waals surface area (Å²) in [4.78, 5) is 24.4. The molecule has 0 aromatic carbocycles. The van der Waals surface area contributed by atoms with Crippen LogP contribution in [0.1, 0.15) is 39.0 Å². The molecule has 4 nitrogen and oxygen atoms in total. The van der Waals surface area contributed by atoms with E-state index in [1.165, 1.54) is 4.90 Å². The third-order valence-corrected chi connectivity index (χ3v) is 2.58. The number of imide groups is 1. The molecule has 1 fully saturated rings. The maximum atomic E-state index is 11.5. The highest BCUT2D eigenvalue weighted by Crippen LogP contribution is 2.17. The molecular formula is C10H18N2O2. The van der Waals surface area contributed by atoms with E-state index in [1.54, 1.807) is 0 Å². The van der Waals surface area contributed by atoms with Gasteiger partial charge in [0.05, 0.1) is 6.04 Å². The largest absolute Gasteiger partial charge is 0.328 e. The first kappa shape index (κ1) is 11.2. The summed E-state index contributed by atoms with van der Waals surface area (Å²) in [6, 6.07) is -0.0831. The first-order valence-electron chi connectivity index (χ1n) is 5.25. The minimum atomic E-state index is -0.0831. The van der Waals surface area contributed by atoms with Gasteiger partial charge in [-0.15, -0.1) is 0 Å². The first-order chi connectivity index (χ1) is 6.70. The highest BCUT2D eigenvalue weighted by molar-refractivity contribution is 5.97. The van der Waals surface area contributed by atoms with E-state index >= 15 is 0 Å². The van der Waals surface area contributed by atoms with E-state index in [9.17, 15) is 9.59 Å². The van der Waals surface area contributed by atoms with Crippen molar-refractivity contribution in [2.24, 2.45) is 5.73 Å². The zero-order valence-electron chi connectivity index (χ0n) is 8.66. The van der Waals surface area contributed by atoms with Crippen LogP contribution in [-0.2, 0) is 9.59 Å². The number of hydrogen-bond acceptors (Lipinski definition) is 3. The van der Waals surface area contributed by atoms with E-state index < -0.39 is 0 Å². The number of likely N-dealkylation sites (tertiary alicyclic amines) is 1. The van der Waals surface area contributed by atoms with Crippen molar-refractivity contribution in [2.75, 3.05) is 6.54 Å². The fourth-order valence-electron chi connectivity index (χ4n) is 1.86. The summed E-state index contributed by atoms with van der Waals surface area (Å²) in [7, 11) is 0. The Morgan fingerprint density at radius 1 is 1.36 bits per heavy atom. The van der Waals surface area contributed by atoms with Crippen molar-refractivity contribution in [3.8, 4) is 0 Å². The number of carbonyl (C=O) groups excluding carboxylic acids is 2. The van der Waals surface area contributed by atoms with Gasteiger partial charge in [0.15, 0.2) is 0 Å². The van der Waals surface area contributed by atoms with Gasteiger partial charge in [-0.05, 0) is 12.8 Å². The molecule has 0 radical (unpaired) electrons. The van der Waals surface area contributed by atoms with Gasteiger partial charge in [-0.2, -0.15) is 0 Å². The number of nitrogens with zero attached hydrogens (tertiary/aromatic N) is 1. The van der Waals surface area contributed by atoms with Gasteiger partial charge in [0.25, 0.3) is 0 Å². The summed E-state index contributed by atoms with van der Waals surface area (Å²) in [6.07, 6.45) is 3.43. The molecule has 0 aromatic heterocycles. The lowest BCUT2D eigenvalue weighted by Gasteiger charge is -2.32. The third kappa shape index (κ3) is 2.32. The summed E-state index contributed by atoms with van der Waals surface area (Å²) < 4.78 is 0. The van der Waals surface area contributed by atoms with Gasteiger partial charge in [-0.3, -0.25) is 14.5 Å². The van der Waals surface area contributed by atoms with E-state index in [0.29, 0.717) is 25.8 Å². The lowest BCUT2D eigenvalue weighted by atomic mass is 10.0. The summed E-state index contributed by atoms with van der Waals surface area (Å²) in [6.45, 7) is 2.41. The number of carbonyl (C=O) groups is 2. The van der Waals surface area contributed by atoms with Crippen LogP contribution >= 0.6 is 0 Å². The zero-order chi connectivity index (χ0) is 10.6. The Balaban J connectivity index is 2.69. The van der Waals surface area contributed by atoms with Gasteiger partial charge in [0.2, 0.25) is 11.8 Å². The SMILES string of the molecule is CCCC(CN)N1C(=O)CCCC1=O. The van der Waals surface area contributed by atoms with Crippen LogP contribution in [0.3, 0.4) is 0 Å². The predicted octanol–water partition coefficient (Wildman–Crippen LogP) is 0.653. The van der Waals surface area contributed by atoms with Crippen LogP contribution in [0, 0.1) is 0 Å². The normalized spacial score (nSPS) is 20.0. The van der Waals surface area contributed by atoms with E-state index in [4.69, 9.17) is 5.73 Å². The fourth-order valence-corrected chi connectivity index (χ4v) is 1.86. The molecule has 2 N–H and O–H groups in total. The number of piperidine rings is 1. The monoisotopic (exact) mass is 198 g/mol. The Labute approximate surface area is 84.4 Å². The molecule has 0 aromatic rings. The Hall–Kier alpha value is -0.900. The summed E-state index contributed by atoms with van der Waals surface area (Å²) >= 11 is 0. The van der Waals surface area contributed by atoms with Crippen LogP contribution in [0.5, 0.6) is 0 Å². The van der Waals surface area contributed by atoms with Crippen molar-refractivity contribution >= 4 is 11.8 Å². The predicted molar refractivity (Wildman–Crippen MR) is 53.5 cm³/mol. The van der Waals surface area contributed by atoms with Gasteiger partial charge >= 0.3 is 0 Å². The Morgan fingerprint density at radius 3 is 2.36 bits per heavy atom. The van der Waals surface area contributed by atoms with Crippen molar-refractivity contribution in [3.63, 3.8) is 0 Å². The molecular weight excluding hydrogens is 180 g/mol. The van der Waals surface area contributed by atoms with Gasteiger partial charge in [0, 0.05) is 19.4 Å². The maximum Gasteiger partial charge on any atom is 0.229 e. The summed E-state index contributed by atoms with van der Waals surface area (Å²) in [5.74, 6) is -0.102. The topological polar surface area (TPSA) is 63.4 Å². The van der Waals surface area contributed by atoms with Crippen LogP contribution in [0.4, 0.5) is 0 Å². The number of rotatable bonds is 4. The number of nitrogens with two attached hydrogens (primary N) is 1. The quantitative estimate of drug-likeness (QED) is 0.675. The maximum absolute atomic E-state index is 11.5. The Morgan fingerprint density at radius 2 is 1.93 bits per heavy atom. The third-order valence-electron chi connectivity index (χ3n) is 2.58. The second kappa shape index (κ2) is 5.10. The molecule has 0 bridgehead atoms. The Bertz CT molecular complexity index is 212. The standard InChI is InChI=1S/C10H18N2O2/c1-2-4-8(7-11)12-9(13)5-3-6-10(12)14/h8H,2-7,11H2,1H3. The fraction of sp³-hybridized carbons (Fsp3) is 0.800. The second-order valence-electron chi connectivity index (χ2n) is 3.69. The van der Waals surface area contributed by atoms with E-state index in [-0.39, 0.29) is 17.9 Å². The molecule has 0 spiro atoms. The van der Waals surface area contributed by atoms with Crippen LogP contribution in [0.15, 0.2) is 0 Å². The number of amides is 2. The van der Waals surface area contributed by atoms with Crippen molar-refractivity contribution in [2.45, 2.75) is 45.1 Å². The molecule has 1 atom stereocenters. The number of hydrogen-bond donors (Lipinski definition) is 1. The van der Waals surface area contributed by atoms with Crippen LogP contribution in [0.2, 0.25) is 0 Å². The van der Waals surface area contributed by atoms with Crippen LogP contribution in [-0.4, -0.2) is 29.3 Å². The van der Waals surface area contributed by atoms with Gasteiger partial charge < -0.3 is 5.73 Å². The molecule has 0 saturated carbocycles. The minimum Gasteiger partial charge on any atom is -0.328 e. The molecule has 14 heavy (non-hydrogen) atoms. The Kier molecular flexibility index (Phi) is 4.07. The smallest absolute Gasteiger partial charge is 0.229 e. The first-order valence-corrected chi connectivity index (χ1v) is 5.25. The highest BCUT2D eigenvalue weighted by Gasteiger charge is 2.30. The molecule has 2 amide bonds. The van der Waals surface area contributed by atoms with Gasteiger partial charge in [0.1, 0.15) is 0 Å². The van der Waals surface area contributed by atoms with E-state index in [0.717, 1.165) is 12.8 Å². The molecule has 80 valence electrons. The molecule has 4 heteroatoms. The average molecular weight is 198 g/mol. The van der Waals surface area contributed by atoms with Crippen molar-refractivity contribution in [3.05, 3.63) is 0 Å². The van der Waals surface area contributed by atoms with Crippen LogP contribution < -0.4 is 5.73 Å². The molecule has 1 heterocycles. The zero-order valence-corrected chi connectivity index (χ0v) is 8.66. The molecule has 0 aliphatic carbocycles. The second-order valence-corrected chi connectivity index (χ2v) is 3.69. The molecule has 1 aliphatic heterocycles. The summed E-state index contributed by atoms with van der Waals surface area (Å²) in [5, 5.41) is 0.